The van der Waals surface area contributed by atoms with E-state index in [1.807, 2.05) is 13.0 Å². The van der Waals surface area contributed by atoms with Gasteiger partial charge >= 0.3 is 5.97 Å². The molecule has 0 spiro atoms. The normalized spacial score (nSPS) is 16.8. The Morgan fingerprint density at radius 2 is 2.23 bits per heavy atom. The number of hydrogen-bond donors (Lipinski definition) is 1. The largest absolute Gasteiger partial charge is 0.468 e. The van der Waals surface area contributed by atoms with Gasteiger partial charge in [-0.3, -0.25) is 9.69 Å². The number of methoxy groups -OCH3 is 1. The van der Waals surface area contributed by atoms with Crippen LogP contribution in [-0.2, 0) is 9.53 Å². The molecule has 0 saturated carbocycles. The summed E-state index contributed by atoms with van der Waals surface area (Å²) in [7, 11) is 1.42. The molecule has 8 nitrogen and oxygen atoms in total. The number of anilines is 1. The van der Waals surface area contributed by atoms with E-state index in [9.17, 15) is 4.79 Å². The van der Waals surface area contributed by atoms with Crippen molar-refractivity contribution in [1.29, 1.82) is 0 Å². The smallest absolute Gasteiger partial charge is 0.319 e. The molecule has 3 heterocycles. The minimum Gasteiger partial charge on any atom is -0.468 e. The number of piperidine rings is 1. The van der Waals surface area contributed by atoms with Crippen LogP contribution < -0.4 is 5.32 Å². The van der Waals surface area contributed by atoms with Gasteiger partial charge in [0.25, 0.3) is 0 Å². The minimum atomic E-state index is -0.179. The molecule has 0 unspecified atom stereocenters. The third-order valence-corrected chi connectivity index (χ3v) is 3.92. The molecule has 22 heavy (non-hydrogen) atoms. The highest BCUT2D eigenvalue weighted by Gasteiger charge is 2.22. The number of nitrogens with zero attached hydrogens (tertiary/aromatic N) is 5. The van der Waals surface area contributed by atoms with Crippen LogP contribution in [0.15, 0.2) is 12.4 Å². The molecule has 3 rings (SSSR count). The number of esters is 1. The fraction of sp³-hybridized carbons (Fsp3) is 0.571. The Morgan fingerprint density at radius 3 is 2.95 bits per heavy atom. The van der Waals surface area contributed by atoms with Crippen LogP contribution in [0.5, 0.6) is 0 Å². The first-order valence-corrected chi connectivity index (χ1v) is 7.39. The molecule has 118 valence electrons. The first kappa shape index (κ1) is 14.7. The average molecular weight is 304 g/mol. The third kappa shape index (κ3) is 3.16. The van der Waals surface area contributed by atoms with Crippen molar-refractivity contribution < 1.29 is 9.53 Å². The fourth-order valence-electron chi connectivity index (χ4n) is 2.76. The van der Waals surface area contributed by atoms with Crippen LogP contribution in [0.4, 0.5) is 5.69 Å². The maximum absolute atomic E-state index is 11.3. The maximum Gasteiger partial charge on any atom is 0.319 e. The van der Waals surface area contributed by atoms with Crippen molar-refractivity contribution >= 4 is 17.3 Å². The first-order valence-electron chi connectivity index (χ1n) is 7.39. The lowest BCUT2D eigenvalue weighted by Crippen LogP contribution is -2.41. The minimum absolute atomic E-state index is 0.179. The molecule has 8 heteroatoms. The lowest BCUT2D eigenvalue weighted by atomic mass is 10.0. The first-order chi connectivity index (χ1) is 10.7. The highest BCUT2D eigenvalue weighted by atomic mass is 16.5. The van der Waals surface area contributed by atoms with Crippen molar-refractivity contribution in [3.8, 4) is 0 Å². The predicted octanol–water partition coefficient (Wildman–Crippen LogP) is 0.482. The molecular formula is C14H20N6O2. The molecule has 2 aromatic rings. The summed E-state index contributed by atoms with van der Waals surface area (Å²) in [6, 6.07) is 2.35. The van der Waals surface area contributed by atoms with E-state index in [-0.39, 0.29) is 5.97 Å². The van der Waals surface area contributed by atoms with Crippen LogP contribution in [0.1, 0.15) is 18.5 Å². The highest BCUT2D eigenvalue weighted by Crippen LogP contribution is 2.20. The lowest BCUT2D eigenvalue weighted by Gasteiger charge is -2.32. The Hall–Kier alpha value is -2.22. The van der Waals surface area contributed by atoms with E-state index in [4.69, 9.17) is 4.74 Å². The van der Waals surface area contributed by atoms with Gasteiger partial charge in [0.05, 0.1) is 25.0 Å². The Morgan fingerprint density at radius 1 is 1.45 bits per heavy atom. The average Bonchev–Trinajstić information content (AvgIpc) is 2.97. The zero-order valence-electron chi connectivity index (χ0n) is 12.8. The number of likely N-dealkylation sites (tertiary alicyclic amines) is 1. The van der Waals surface area contributed by atoms with Crippen LogP contribution in [-0.4, -0.2) is 63.5 Å². The van der Waals surface area contributed by atoms with Gasteiger partial charge in [0, 0.05) is 19.1 Å². The molecule has 0 atom stereocenters. The Kier molecular flexibility index (Phi) is 4.19. The summed E-state index contributed by atoms with van der Waals surface area (Å²) in [5.74, 6) is -0.179. The van der Waals surface area contributed by atoms with Gasteiger partial charge in [0.15, 0.2) is 0 Å². The van der Waals surface area contributed by atoms with Gasteiger partial charge in [0.1, 0.15) is 6.33 Å². The van der Waals surface area contributed by atoms with Crippen LogP contribution in [0.25, 0.3) is 5.65 Å². The molecule has 0 radical (unpaired) electrons. The van der Waals surface area contributed by atoms with Gasteiger partial charge in [-0.1, -0.05) is 0 Å². The molecule has 1 saturated heterocycles. The van der Waals surface area contributed by atoms with E-state index in [0.717, 1.165) is 43.0 Å². The quantitative estimate of drug-likeness (QED) is 0.822. The van der Waals surface area contributed by atoms with Gasteiger partial charge in [0.2, 0.25) is 5.65 Å². The molecule has 0 aliphatic carbocycles. The van der Waals surface area contributed by atoms with Crippen molar-refractivity contribution in [3.05, 3.63) is 18.1 Å². The van der Waals surface area contributed by atoms with E-state index in [1.54, 1.807) is 10.8 Å². The molecule has 1 N–H and O–H groups in total. The number of carbonyl (C=O) groups excluding carboxylic acids is 1. The van der Waals surface area contributed by atoms with Gasteiger partial charge in [-0.25, -0.2) is 0 Å². The number of aryl methyl sites for hydroxylation is 1. The van der Waals surface area contributed by atoms with Crippen LogP contribution in [0, 0.1) is 6.92 Å². The molecule has 1 aliphatic heterocycles. The SMILES string of the molecule is COC(=O)CN1CCC(Nc2cc(C)nn3cnnc23)CC1. The summed E-state index contributed by atoms with van der Waals surface area (Å²) in [4.78, 5) is 13.4. The van der Waals surface area contributed by atoms with Crippen LogP contribution in [0.2, 0.25) is 0 Å². The number of hydrogen-bond acceptors (Lipinski definition) is 7. The fourth-order valence-corrected chi connectivity index (χ4v) is 2.76. The summed E-state index contributed by atoms with van der Waals surface area (Å²) < 4.78 is 6.39. The summed E-state index contributed by atoms with van der Waals surface area (Å²) >= 11 is 0. The Bertz CT molecular complexity index is 662. The third-order valence-electron chi connectivity index (χ3n) is 3.92. The van der Waals surface area contributed by atoms with E-state index < -0.39 is 0 Å². The van der Waals surface area contributed by atoms with Gasteiger partial charge < -0.3 is 10.1 Å². The van der Waals surface area contributed by atoms with Gasteiger partial charge in [-0.15, -0.1) is 10.2 Å². The second-order valence-corrected chi connectivity index (χ2v) is 5.57. The molecule has 0 bridgehead atoms. The summed E-state index contributed by atoms with van der Waals surface area (Å²) in [6.07, 6.45) is 3.55. The van der Waals surface area contributed by atoms with E-state index in [1.165, 1.54) is 7.11 Å². The molecule has 1 fully saturated rings. The van der Waals surface area contributed by atoms with Gasteiger partial charge in [-0.05, 0) is 25.8 Å². The molecule has 0 amide bonds. The lowest BCUT2D eigenvalue weighted by molar-refractivity contribution is -0.142. The van der Waals surface area contributed by atoms with Crippen molar-refractivity contribution in [2.24, 2.45) is 0 Å². The van der Waals surface area contributed by atoms with Crippen LogP contribution >= 0.6 is 0 Å². The summed E-state index contributed by atoms with van der Waals surface area (Å²) in [5, 5.41) is 15.9. The summed E-state index contributed by atoms with van der Waals surface area (Å²) in [5.41, 5.74) is 2.61. The molecule has 2 aromatic heterocycles. The number of ether oxygens (including phenoxy) is 1. The highest BCUT2D eigenvalue weighted by molar-refractivity contribution is 5.71. The second kappa shape index (κ2) is 6.27. The van der Waals surface area contributed by atoms with E-state index in [0.29, 0.717) is 12.6 Å². The summed E-state index contributed by atoms with van der Waals surface area (Å²) in [6.45, 7) is 4.06. The Balaban J connectivity index is 1.62. The van der Waals surface area contributed by atoms with Crippen molar-refractivity contribution in [2.75, 3.05) is 32.1 Å². The predicted molar refractivity (Wildman–Crippen MR) is 80.6 cm³/mol. The standard InChI is InChI=1S/C14H20N6O2/c1-10-7-12(14-17-15-9-20(14)18-10)16-11-3-5-19(6-4-11)8-13(21)22-2/h7,9,11,16H,3-6,8H2,1-2H3. The molecular weight excluding hydrogens is 284 g/mol. The van der Waals surface area contributed by atoms with Gasteiger partial charge in [-0.2, -0.15) is 9.61 Å². The van der Waals surface area contributed by atoms with Crippen molar-refractivity contribution in [3.63, 3.8) is 0 Å². The van der Waals surface area contributed by atoms with Crippen molar-refractivity contribution in [1.82, 2.24) is 24.7 Å². The zero-order chi connectivity index (χ0) is 15.5. The zero-order valence-corrected chi connectivity index (χ0v) is 12.8. The van der Waals surface area contributed by atoms with Crippen molar-refractivity contribution in [2.45, 2.75) is 25.8 Å². The number of aromatic nitrogens is 4. The van der Waals surface area contributed by atoms with E-state index in [2.05, 4.69) is 25.5 Å². The number of rotatable bonds is 4. The monoisotopic (exact) mass is 304 g/mol. The maximum atomic E-state index is 11.3. The molecule has 0 aromatic carbocycles. The van der Waals surface area contributed by atoms with E-state index >= 15 is 0 Å². The van der Waals surface area contributed by atoms with Crippen LogP contribution in [0.3, 0.4) is 0 Å². The topological polar surface area (TPSA) is 84.7 Å². The Labute approximate surface area is 128 Å². The number of fused-ring (bicyclic) bond motifs is 1. The number of carbonyl (C=O) groups is 1. The second-order valence-electron chi connectivity index (χ2n) is 5.57. The molecule has 1 aliphatic rings. The number of nitrogens with one attached hydrogen (secondary N) is 1.